The van der Waals surface area contributed by atoms with Gasteiger partial charge >= 0.3 is 0 Å². The lowest BCUT2D eigenvalue weighted by Crippen LogP contribution is -2.44. The average Bonchev–Trinajstić information content (AvgIpc) is 2.79. The van der Waals surface area contributed by atoms with E-state index < -0.39 is 0 Å². The Hall–Kier alpha value is -1.32. The molecular weight excluding hydrogens is 222 g/mol. The van der Waals surface area contributed by atoms with Gasteiger partial charge in [-0.3, -0.25) is 0 Å². The van der Waals surface area contributed by atoms with Crippen molar-refractivity contribution in [3.05, 3.63) is 36.0 Å². The molecule has 3 rings (SSSR count). The Labute approximate surface area is 108 Å². The Kier molecular flexibility index (Phi) is 3.35. The molecule has 18 heavy (non-hydrogen) atoms. The molecule has 1 aromatic carbocycles. The molecule has 0 atom stereocenters. The van der Waals surface area contributed by atoms with Crippen molar-refractivity contribution in [1.29, 1.82) is 0 Å². The summed E-state index contributed by atoms with van der Waals surface area (Å²) < 4.78 is 2.20. The van der Waals surface area contributed by atoms with Gasteiger partial charge in [-0.05, 0) is 29.5 Å². The number of hydrogen-bond acceptors (Lipinski definition) is 2. The van der Waals surface area contributed by atoms with Crippen molar-refractivity contribution in [3.8, 4) is 0 Å². The maximum Gasteiger partial charge on any atom is 0.0480 e. The summed E-state index contributed by atoms with van der Waals surface area (Å²) in [4.78, 5) is 2.55. The number of aryl methyl sites for hydroxylation is 1. The van der Waals surface area contributed by atoms with E-state index in [1.165, 1.54) is 36.1 Å². The largest absolute Gasteiger partial charge is 0.351 e. The quantitative estimate of drug-likeness (QED) is 0.884. The van der Waals surface area contributed by atoms with Crippen molar-refractivity contribution in [2.45, 2.75) is 6.42 Å². The van der Waals surface area contributed by atoms with Crippen LogP contribution in [-0.4, -0.2) is 42.2 Å². The van der Waals surface area contributed by atoms with Gasteiger partial charge in [0.15, 0.2) is 0 Å². The number of rotatable bonds is 3. The highest BCUT2D eigenvalue weighted by Gasteiger charge is 2.09. The van der Waals surface area contributed by atoms with Gasteiger partial charge < -0.3 is 14.8 Å². The lowest BCUT2D eigenvalue weighted by atomic mass is 10.1. The summed E-state index contributed by atoms with van der Waals surface area (Å²) >= 11 is 0. The number of fused-ring (bicyclic) bond motifs is 1. The topological polar surface area (TPSA) is 20.2 Å². The highest BCUT2D eigenvalue weighted by Crippen LogP contribution is 2.17. The molecule has 3 nitrogen and oxygen atoms in total. The van der Waals surface area contributed by atoms with E-state index in [2.05, 4.69) is 52.3 Å². The molecule has 1 aromatic heterocycles. The zero-order chi connectivity index (χ0) is 12.4. The molecular formula is C15H21N3. The third kappa shape index (κ3) is 2.42. The zero-order valence-corrected chi connectivity index (χ0v) is 11.0. The van der Waals surface area contributed by atoms with E-state index in [0.29, 0.717) is 0 Å². The van der Waals surface area contributed by atoms with Crippen LogP contribution < -0.4 is 5.32 Å². The fraction of sp³-hybridized carbons (Fsp3) is 0.467. The van der Waals surface area contributed by atoms with Crippen molar-refractivity contribution in [1.82, 2.24) is 14.8 Å². The normalized spacial score (nSPS) is 17.4. The monoisotopic (exact) mass is 243 g/mol. The molecule has 1 aliphatic rings. The fourth-order valence-electron chi connectivity index (χ4n) is 2.69. The number of aromatic nitrogens is 1. The smallest absolute Gasteiger partial charge is 0.0480 e. The first-order valence-electron chi connectivity index (χ1n) is 6.80. The minimum atomic E-state index is 1.14. The first kappa shape index (κ1) is 11.8. The van der Waals surface area contributed by atoms with Crippen LogP contribution in [0.15, 0.2) is 30.5 Å². The SMILES string of the molecule is Cn1ccc2ccc(CCN3CCNCC3)cc21. The number of piperazine rings is 1. The summed E-state index contributed by atoms with van der Waals surface area (Å²) in [7, 11) is 2.11. The van der Waals surface area contributed by atoms with Gasteiger partial charge in [-0.1, -0.05) is 12.1 Å². The second kappa shape index (κ2) is 5.12. The highest BCUT2D eigenvalue weighted by molar-refractivity contribution is 5.80. The van der Waals surface area contributed by atoms with Gasteiger partial charge in [-0.25, -0.2) is 0 Å². The Morgan fingerprint density at radius 1 is 1.17 bits per heavy atom. The van der Waals surface area contributed by atoms with E-state index in [4.69, 9.17) is 0 Å². The summed E-state index contributed by atoms with van der Waals surface area (Å²) in [6.07, 6.45) is 3.28. The molecule has 1 N–H and O–H groups in total. The molecule has 0 saturated carbocycles. The summed E-state index contributed by atoms with van der Waals surface area (Å²) in [6.45, 7) is 5.82. The van der Waals surface area contributed by atoms with Gasteiger partial charge in [-0.15, -0.1) is 0 Å². The Morgan fingerprint density at radius 2 is 2.00 bits per heavy atom. The van der Waals surface area contributed by atoms with E-state index in [0.717, 1.165) is 19.5 Å². The number of nitrogens with one attached hydrogen (secondary N) is 1. The Bertz CT molecular complexity index is 524. The molecule has 2 aromatic rings. The van der Waals surface area contributed by atoms with Crippen molar-refractivity contribution in [2.24, 2.45) is 7.05 Å². The standard InChI is InChI=1S/C15H21N3/c1-17-8-5-14-3-2-13(12-15(14)17)4-9-18-10-6-16-7-11-18/h2-3,5,8,12,16H,4,6-7,9-11H2,1H3. The Balaban J connectivity index is 1.68. The highest BCUT2D eigenvalue weighted by atomic mass is 15.2. The summed E-state index contributed by atoms with van der Waals surface area (Å²) in [6, 6.07) is 9.01. The first-order chi connectivity index (χ1) is 8.83. The molecule has 1 saturated heterocycles. The molecule has 3 heteroatoms. The Morgan fingerprint density at radius 3 is 2.83 bits per heavy atom. The number of benzene rings is 1. The molecule has 96 valence electrons. The molecule has 2 heterocycles. The molecule has 0 amide bonds. The van der Waals surface area contributed by atoms with Crippen LogP contribution in [0.2, 0.25) is 0 Å². The number of nitrogens with zero attached hydrogens (tertiary/aromatic N) is 2. The average molecular weight is 243 g/mol. The van der Waals surface area contributed by atoms with Crippen LogP contribution >= 0.6 is 0 Å². The van der Waals surface area contributed by atoms with E-state index in [1.807, 2.05) is 0 Å². The third-order valence-corrected chi connectivity index (χ3v) is 3.88. The second-order valence-electron chi connectivity index (χ2n) is 5.16. The van der Waals surface area contributed by atoms with Gasteiger partial charge in [-0.2, -0.15) is 0 Å². The van der Waals surface area contributed by atoms with E-state index in [9.17, 15) is 0 Å². The van der Waals surface area contributed by atoms with Crippen molar-refractivity contribution >= 4 is 10.9 Å². The van der Waals surface area contributed by atoms with Gasteiger partial charge in [0.25, 0.3) is 0 Å². The van der Waals surface area contributed by atoms with Crippen LogP contribution in [0.25, 0.3) is 10.9 Å². The first-order valence-corrected chi connectivity index (χ1v) is 6.80. The molecule has 1 aliphatic heterocycles. The zero-order valence-electron chi connectivity index (χ0n) is 11.0. The van der Waals surface area contributed by atoms with Crippen LogP contribution in [0.3, 0.4) is 0 Å². The summed E-state index contributed by atoms with van der Waals surface area (Å²) in [5, 5.41) is 4.73. The van der Waals surface area contributed by atoms with Gasteiger partial charge in [0, 0.05) is 51.5 Å². The lowest BCUT2D eigenvalue weighted by Gasteiger charge is -2.27. The lowest BCUT2D eigenvalue weighted by molar-refractivity contribution is 0.244. The minimum absolute atomic E-state index is 1.14. The minimum Gasteiger partial charge on any atom is -0.351 e. The number of hydrogen-bond donors (Lipinski definition) is 1. The van der Waals surface area contributed by atoms with Crippen molar-refractivity contribution in [2.75, 3.05) is 32.7 Å². The molecule has 0 radical (unpaired) electrons. The van der Waals surface area contributed by atoms with Crippen LogP contribution in [0.1, 0.15) is 5.56 Å². The fourth-order valence-corrected chi connectivity index (χ4v) is 2.69. The van der Waals surface area contributed by atoms with Crippen molar-refractivity contribution in [3.63, 3.8) is 0 Å². The predicted molar refractivity (Wildman–Crippen MR) is 75.9 cm³/mol. The van der Waals surface area contributed by atoms with Crippen LogP contribution in [0.4, 0.5) is 0 Å². The molecule has 1 fully saturated rings. The molecule has 0 spiro atoms. The van der Waals surface area contributed by atoms with Crippen molar-refractivity contribution < 1.29 is 0 Å². The molecule has 0 bridgehead atoms. The van der Waals surface area contributed by atoms with Gasteiger partial charge in [0.2, 0.25) is 0 Å². The maximum atomic E-state index is 3.40. The summed E-state index contributed by atoms with van der Waals surface area (Å²) in [5.41, 5.74) is 2.79. The predicted octanol–water partition coefficient (Wildman–Crippen LogP) is 1.63. The van der Waals surface area contributed by atoms with Gasteiger partial charge in [0.05, 0.1) is 0 Å². The van der Waals surface area contributed by atoms with E-state index in [-0.39, 0.29) is 0 Å². The third-order valence-electron chi connectivity index (χ3n) is 3.88. The van der Waals surface area contributed by atoms with Crippen LogP contribution in [0, 0.1) is 0 Å². The van der Waals surface area contributed by atoms with Crippen LogP contribution in [-0.2, 0) is 13.5 Å². The molecule has 0 unspecified atom stereocenters. The summed E-state index contributed by atoms with van der Waals surface area (Å²) in [5.74, 6) is 0. The second-order valence-corrected chi connectivity index (χ2v) is 5.16. The molecule has 0 aliphatic carbocycles. The van der Waals surface area contributed by atoms with Crippen LogP contribution in [0.5, 0.6) is 0 Å². The van der Waals surface area contributed by atoms with Gasteiger partial charge in [0.1, 0.15) is 0 Å². The van der Waals surface area contributed by atoms with E-state index in [1.54, 1.807) is 0 Å². The maximum absolute atomic E-state index is 3.40. The van der Waals surface area contributed by atoms with E-state index >= 15 is 0 Å².